The number of likely N-dealkylation sites (N-methyl/N-ethyl adjacent to an activating group) is 2. The van der Waals surface area contributed by atoms with Gasteiger partial charge in [-0.15, -0.1) is 0 Å². The lowest BCUT2D eigenvalue weighted by molar-refractivity contribution is -0.128. The molecule has 1 aliphatic heterocycles. The molecule has 1 amide bonds. The van der Waals surface area contributed by atoms with E-state index in [4.69, 9.17) is 4.74 Å². The smallest absolute Gasteiger partial charge is 0.246 e. The van der Waals surface area contributed by atoms with Gasteiger partial charge >= 0.3 is 0 Å². The number of hydrogen-bond donors (Lipinski definition) is 1. The molecular weight excluding hydrogens is 180 g/mol. The molecule has 1 rings (SSSR count). The van der Waals surface area contributed by atoms with Crippen molar-refractivity contribution in [2.24, 2.45) is 0 Å². The first-order chi connectivity index (χ1) is 6.72. The van der Waals surface area contributed by atoms with E-state index in [2.05, 4.69) is 17.3 Å². The Kier molecular flexibility index (Phi) is 4.90. The fourth-order valence-electron chi connectivity index (χ4n) is 1.70. The first-order valence-electron chi connectivity index (χ1n) is 5.29. The van der Waals surface area contributed by atoms with Crippen LogP contribution in [0.3, 0.4) is 0 Å². The summed E-state index contributed by atoms with van der Waals surface area (Å²) in [5.41, 5.74) is 0. The lowest BCUT2D eigenvalue weighted by Gasteiger charge is -2.29. The second-order valence-electron chi connectivity index (χ2n) is 3.79. The molecule has 0 spiro atoms. The van der Waals surface area contributed by atoms with E-state index in [-0.39, 0.29) is 18.6 Å². The number of carbonyl (C=O) groups is 1. The third-order valence-electron chi connectivity index (χ3n) is 2.41. The van der Waals surface area contributed by atoms with E-state index in [1.54, 1.807) is 0 Å². The van der Waals surface area contributed by atoms with Crippen LogP contribution in [0.15, 0.2) is 0 Å². The predicted molar refractivity (Wildman–Crippen MR) is 55.2 cm³/mol. The molecule has 1 saturated heterocycles. The van der Waals surface area contributed by atoms with E-state index in [0.29, 0.717) is 6.54 Å². The molecular formula is C10H20N2O2. The topological polar surface area (TPSA) is 41.6 Å². The highest BCUT2D eigenvalue weighted by Crippen LogP contribution is 2.10. The van der Waals surface area contributed by atoms with Crippen LogP contribution < -0.4 is 5.32 Å². The molecule has 1 heterocycles. The maximum absolute atomic E-state index is 11.1. The van der Waals surface area contributed by atoms with Crippen molar-refractivity contribution in [3.05, 3.63) is 0 Å². The van der Waals surface area contributed by atoms with E-state index in [1.165, 1.54) is 0 Å². The van der Waals surface area contributed by atoms with Crippen molar-refractivity contribution in [2.45, 2.75) is 25.9 Å². The molecule has 0 aromatic carbocycles. The van der Waals surface area contributed by atoms with Gasteiger partial charge in [0.25, 0.3) is 0 Å². The van der Waals surface area contributed by atoms with E-state index in [1.807, 2.05) is 6.92 Å². The average Bonchev–Trinajstić information content (AvgIpc) is 2.15. The monoisotopic (exact) mass is 200 g/mol. The molecule has 1 fully saturated rings. The van der Waals surface area contributed by atoms with E-state index >= 15 is 0 Å². The molecule has 0 radical (unpaired) electrons. The fraction of sp³-hybridized carbons (Fsp3) is 0.900. The van der Waals surface area contributed by atoms with Gasteiger partial charge in [-0.05, 0) is 33.4 Å². The van der Waals surface area contributed by atoms with Crippen molar-refractivity contribution in [1.29, 1.82) is 0 Å². The highest BCUT2D eigenvalue weighted by Gasteiger charge is 2.18. The van der Waals surface area contributed by atoms with Crippen LogP contribution in [-0.2, 0) is 9.53 Å². The van der Waals surface area contributed by atoms with Gasteiger partial charge in [0.15, 0.2) is 0 Å². The van der Waals surface area contributed by atoms with Gasteiger partial charge in [0.05, 0.1) is 6.10 Å². The summed E-state index contributed by atoms with van der Waals surface area (Å²) in [4.78, 5) is 13.4. The van der Waals surface area contributed by atoms with Crippen molar-refractivity contribution in [1.82, 2.24) is 10.2 Å². The molecule has 1 atom stereocenters. The second kappa shape index (κ2) is 5.98. The normalized spacial score (nSPS) is 23.4. The Bertz CT molecular complexity index is 185. The molecule has 1 unspecified atom stereocenters. The van der Waals surface area contributed by atoms with Crippen molar-refractivity contribution >= 4 is 5.91 Å². The Morgan fingerprint density at radius 1 is 1.64 bits per heavy atom. The first kappa shape index (κ1) is 11.5. The minimum Gasteiger partial charge on any atom is -0.367 e. The predicted octanol–water partition coefficient (Wildman–Crippen LogP) is 0.233. The summed E-state index contributed by atoms with van der Waals surface area (Å²) in [6, 6.07) is 0. The molecule has 0 aromatic rings. The van der Waals surface area contributed by atoms with Crippen molar-refractivity contribution in [3.63, 3.8) is 0 Å². The van der Waals surface area contributed by atoms with Crippen molar-refractivity contribution in [3.8, 4) is 0 Å². The number of ether oxygens (including phenoxy) is 1. The van der Waals surface area contributed by atoms with Crippen LogP contribution in [0.1, 0.15) is 19.8 Å². The molecule has 4 heteroatoms. The largest absolute Gasteiger partial charge is 0.367 e. The van der Waals surface area contributed by atoms with Crippen LogP contribution in [0.2, 0.25) is 0 Å². The summed E-state index contributed by atoms with van der Waals surface area (Å²) in [6.07, 6.45) is 2.47. The quantitative estimate of drug-likeness (QED) is 0.706. The number of nitrogens with one attached hydrogen (secondary N) is 1. The Labute approximate surface area is 85.6 Å². The number of nitrogens with zero attached hydrogens (tertiary/aromatic N) is 1. The summed E-state index contributed by atoms with van der Waals surface area (Å²) >= 11 is 0. The number of rotatable bonds is 4. The number of amides is 1. The van der Waals surface area contributed by atoms with Gasteiger partial charge in [-0.1, -0.05) is 0 Å². The molecule has 1 N–H and O–H groups in total. The minimum atomic E-state index is -0.0132. The van der Waals surface area contributed by atoms with Crippen LogP contribution >= 0.6 is 0 Å². The maximum atomic E-state index is 11.1. The summed E-state index contributed by atoms with van der Waals surface area (Å²) in [6.45, 7) is 4.87. The third-order valence-corrected chi connectivity index (χ3v) is 2.41. The van der Waals surface area contributed by atoms with Gasteiger partial charge in [-0.3, -0.25) is 4.79 Å². The Morgan fingerprint density at radius 2 is 2.43 bits per heavy atom. The Balaban J connectivity index is 2.14. The molecule has 0 aliphatic carbocycles. The average molecular weight is 200 g/mol. The lowest BCUT2D eigenvalue weighted by Crippen LogP contribution is -2.39. The van der Waals surface area contributed by atoms with E-state index in [9.17, 15) is 4.79 Å². The zero-order valence-electron chi connectivity index (χ0n) is 9.08. The molecule has 4 nitrogen and oxygen atoms in total. The zero-order chi connectivity index (χ0) is 10.4. The van der Waals surface area contributed by atoms with Gasteiger partial charge in [0, 0.05) is 13.1 Å². The van der Waals surface area contributed by atoms with Crippen molar-refractivity contribution < 1.29 is 9.53 Å². The summed E-state index contributed by atoms with van der Waals surface area (Å²) in [7, 11) is 2.08. The van der Waals surface area contributed by atoms with Gasteiger partial charge in [-0.25, -0.2) is 0 Å². The highest BCUT2D eigenvalue weighted by atomic mass is 16.5. The fourth-order valence-corrected chi connectivity index (χ4v) is 1.70. The van der Waals surface area contributed by atoms with Crippen LogP contribution in [0.4, 0.5) is 0 Å². The van der Waals surface area contributed by atoms with Gasteiger partial charge in [-0.2, -0.15) is 0 Å². The highest BCUT2D eigenvalue weighted by molar-refractivity contribution is 5.77. The minimum absolute atomic E-state index is 0.0132. The molecule has 0 saturated carbocycles. The molecule has 82 valence electrons. The Morgan fingerprint density at radius 3 is 3.07 bits per heavy atom. The summed E-state index contributed by atoms with van der Waals surface area (Å²) in [5, 5.41) is 2.72. The number of hydrogen-bond acceptors (Lipinski definition) is 3. The van der Waals surface area contributed by atoms with Gasteiger partial charge in [0.2, 0.25) is 5.91 Å². The first-order valence-corrected chi connectivity index (χ1v) is 5.29. The van der Waals surface area contributed by atoms with Crippen LogP contribution in [0.5, 0.6) is 0 Å². The van der Waals surface area contributed by atoms with E-state index < -0.39 is 0 Å². The van der Waals surface area contributed by atoms with Gasteiger partial charge < -0.3 is 15.0 Å². The van der Waals surface area contributed by atoms with Crippen LogP contribution in [0, 0.1) is 0 Å². The van der Waals surface area contributed by atoms with Crippen LogP contribution in [-0.4, -0.2) is 50.2 Å². The standard InChI is InChI=1S/C10H20N2O2/c1-3-11-10(13)8-14-9-5-4-6-12(2)7-9/h9H,3-8H2,1-2H3,(H,11,13). The van der Waals surface area contributed by atoms with Gasteiger partial charge in [0.1, 0.15) is 6.61 Å². The third kappa shape index (κ3) is 4.07. The van der Waals surface area contributed by atoms with Crippen molar-refractivity contribution in [2.75, 3.05) is 33.3 Å². The van der Waals surface area contributed by atoms with E-state index in [0.717, 1.165) is 25.9 Å². The molecule has 0 bridgehead atoms. The lowest BCUT2D eigenvalue weighted by atomic mass is 10.1. The maximum Gasteiger partial charge on any atom is 0.246 e. The number of carbonyl (C=O) groups excluding carboxylic acids is 1. The molecule has 1 aliphatic rings. The van der Waals surface area contributed by atoms with Crippen LogP contribution in [0.25, 0.3) is 0 Å². The Hall–Kier alpha value is -0.610. The SMILES string of the molecule is CCNC(=O)COC1CCCN(C)C1. The summed E-state index contributed by atoms with van der Waals surface area (Å²) in [5.74, 6) is -0.0132. The number of piperidine rings is 1. The zero-order valence-corrected chi connectivity index (χ0v) is 9.08. The summed E-state index contributed by atoms with van der Waals surface area (Å²) < 4.78 is 5.51. The molecule has 0 aromatic heterocycles. The molecule has 14 heavy (non-hydrogen) atoms. The second-order valence-corrected chi connectivity index (χ2v) is 3.79. The number of likely N-dealkylation sites (tertiary alicyclic amines) is 1.